The van der Waals surface area contributed by atoms with Gasteiger partial charge in [0.25, 0.3) is 0 Å². The summed E-state index contributed by atoms with van der Waals surface area (Å²) in [5.41, 5.74) is 6.93. The van der Waals surface area contributed by atoms with E-state index in [0.717, 1.165) is 24.3 Å². The molecule has 2 aromatic rings. The van der Waals surface area contributed by atoms with Gasteiger partial charge >= 0.3 is 0 Å². The van der Waals surface area contributed by atoms with Crippen molar-refractivity contribution in [2.24, 2.45) is 5.73 Å². The Labute approximate surface area is 107 Å². The van der Waals surface area contributed by atoms with Gasteiger partial charge in [0.15, 0.2) is 0 Å². The number of benzene rings is 1. The Bertz CT molecular complexity index is 466. The minimum Gasteiger partial charge on any atom is -0.494 e. The molecule has 0 unspecified atom stereocenters. The topological polar surface area (TPSA) is 53.1 Å². The lowest BCUT2D eigenvalue weighted by molar-refractivity contribution is 0.301. The van der Waals surface area contributed by atoms with Crippen LogP contribution in [0.25, 0.3) is 0 Å². The third-order valence-corrected chi connectivity index (χ3v) is 2.77. The lowest BCUT2D eigenvalue weighted by Gasteiger charge is -2.10. The van der Waals surface area contributed by atoms with Gasteiger partial charge in [-0.3, -0.25) is 0 Å². The molecular formula is C14H19N3O. The van der Waals surface area contributed by atoms with Crippen molar-refractivity contribution in [2.45, 2.75) is 25.9 Å². The van der Waals surface area contributed by atoms with E-state index < -0.39 is 0 Å². The highest BCUT2D eigenvalue weighted by atomic mass is 16.5. The summed E-state index contributed by atoms with van der Waals surface area (Å²) in [6.07, 6.45) is 6.51. The third kappa shape index (κ3) is 3.60. The highest BCUT2D eigenvalue weighted by molar-refractivity contribution is 5.30. The Balaban J connectivity index is 1.78. The van der Waals surface area contributed by atoms with Crippen LogP contribution in [0.4, 0.5) is 0 Å². The van der Waals surface area contributed by atoms with Gasteiger partial charge in [-0.2, -0.15) is 0 Å². The molecule has 0 radical (unpaired) electrons. The van der Waals surface area contributed by atoms with Gasteiger partial charge in [-0.25, -0.2) is 4.98 Å². The maximum atomic E-state index is 5.84. The first kappa shape index (κ1) is 12.6. The molecule has 0 fully saturated rings. The maximum absolute atomic E-state index is 5.84. The second kappa shape index (κ2) is 6.21. The first-order valence-corrected chi connectivity index (χ1v) is 6.20. The van der Waals surface area contributed by atoms with Crippen molar-refractivity contribution < 1.29 is 4.74 Å². The zero-order valence-corrected chi connectivity index (χ0v) is 10.6. The molecule has 4 heteroatoms. The summed E-state index contributed by atoms with van der Waals surface area (Å²) >= 11 is 0. The Morgan fingerprint density at radius 2 is 2.33 bits per heavy atom. The number of imidazole rings is 1. The molecule has 4 nitrogen and oxygen atoms in total. The Morgan fingerprint density at radius 3 is 3.06 bits per heavy atom. The zero-order chi connectivity index (χ0) is 12.8. The molecule has 0 aliphatic carbocycles. The maximum Gasteiger partial charge on any atom is 0.119 e. The fourth-order valence-electron chi connectivity index (χ4n) is 1.74. The van der Waals surface area contributed by atoms with Crippen LogP contribution >= 0.6 is 0 Å². The van der Waals surface area contributed by atoms with Crippen LogP contribution in [0.2, 0.25) is 0 Å². The molecular weight excluding hydrogens is 226 g/mol. The number of aromatic nitrogens is 2. The minimum absolute atomic E-state index is 0.0412. The van der Waals surface area contributed by atoms with Crippen LogP contribution in [0.3, 0.4) is 0 Å². The van der Waals surface area contributed by atoms with E-state index in [-0.39, 0.29) is 6.04 Å². The van der Waals surface area contributed by atoms with Crippen molar-refractivity contribution in [1.82, 2.24) is 9.55 Å². The predicted octanol–water partition coefficient (Wildman–Crippen LogP) is 2.37. The predicted molar refractivity (Wildman–Crippen MR) is 71.4 cm³/mol. The Morgan fingerprint density at radius 1 is 1.44 bits per heavy atom. The van der Waals surface area contributed by atoms with Crippen molar-refractivity contribution in [3.05, 3.63) is 48.5 Å². The van der Waals surface area contributed by atoms with E-state index in [1.165, 1.54) is 0 Å². The summed E-state index contributed by atoms with van der Waals surface area (Å²) in [5, 5.41) is 0. The molecule has 0 saturated heterocycles. The van der Waals surface area contributed by atoms with Crippen LogP contribution in [0, 0.1) is 0 Å². The molecule has 0 amide bonds. The number of aryl methyl sites for hydroxylation is 1. The summed E-state index contributed by atoms with van der Waals surface area (Å²) in [7, 11) is 0. The number of rotatable bonds is 6. The molecule has 1 atom stereocenters. The average Bonchev–Trinajstić information content (AvgIpc) is 2.88. The number of hydrogen-bond donors (Lipinski definition) is 1. The lowest BCUT2D eigenvalue weighted by Crippen LogP contribution is -2.06. The zero-order valence-electron chi connectivity index (χ0n) is 10.6. The quantitative estimate of drug-likeness (QED) is 0.795. The summed E-state index contributed by atoms with van der Waals surface area (Å²) in [5.74, 6) is 0.885. The lowest BCUT2D eigenvalue weighted by atomic mass is 10.1. The second-order valence-corrected chi connectivity index (χ2v) is 4.36. The van der Waals surface area contributed by atoms with Crippen LogP contribution in [0.15, 0.2) is 43.0 Å². The summed E-state index contributed by atoms with van der Waals surface area (Å²) in [4.78, 5) is 4.00. The molecule has 96 valence electrons. The monoisotopic (exact) mass is 245 g/mol. The highest BCUT2D eigenvalue weighted by Crippen LogP contribution is 2.17. The molecule has 2 N–H and O–H groups in total. The second-order valence-electron chi connectivity index (χ2n) is 4.36. The summed E-state index contributed by atoms with van der Waals surface area (Å²) in [6, 6.07) is 8.00. The SMILES string of the molecule is C[C@H](N)c1cccc(OCCCn2ccnc2)c1. The van der Waals surface area contributed by atoms with Crippen molar-refractivity contribution in [2.75, 3.05) is 6.61 Å². The molecule has 1 aromatic carbocycles. The van der Waals surface area contributed by atoms with Crippen LogP contribution in [0.5, 0.6) is 5.75 Å². The van der Waals surface area contributed by atoms with Crippen molar-refractivity contribution in [1.29, 1.82) is 0 Å². The van der Waals surface area contributed by atoms with Gasteiger partial charge in [0.05, 0.1) is 12.9 Å². The standard InChI is InChI=1S/C14H19N3O/c1-12(15)13-4-2-5-14(10-13)18-9-3-7-17-8-6-16-11-17/h2,4-6,8,10-12H,3,7,9,15H2,1H3/t12-/m0/s1. The minimum atomic E-state index is 0.0412. The molecule has 2 rings (SSSR count). The van der Waals surface area contributed by atoms with E-state index in [2.05, 4.69) is 4.98 Å². The van der Waals surface area contributed by atoms with Gasteiger partial charge < -0.3 is 15.0 Å². The highest BCUT2D eigenvalue weighted by Gasteiger charge is 2.01. The van der Waals surface area contributed by atoms with E-state index in [4.69, 9.17) is 10.5 Å². The number of hydrogen-bond acceptors (Lipinski definition) is 3. The first-order chi connectivity index (χ1) is 8.75. The summed E-state index contributed by atoms with van der Waals surface area (Å²) < 4.78 is 7.75. The van der Waals surface area contributed by atoms with E-state index in [0.29, 0.717) is 6.61 Å². The molecule has 0 saturated carbocycles. The molecule has 0 aliphatic rings. The molecule has 0 spiro atoms. The molecule has 1 heterocycles. The van der Waals surface area contributed by atoms with Gasteiger partial charge in [0.1, 0.15) is 5.75 Å². The van der Waals surface area contributed by atoms with Gasteiger partial charge in [0.2, 0.25) is 0 Å². The Hall–Kier alpha value is -1.81. The third-order valence-electron chi connectivity index (χ3n) is 2.77. The van der Waals surface area contributed by atoms with E-state index >= 15 is 0 Å². The molecule has 1 aromatic heterocycles. The van der Waals surface area contributed by atoms with Crippen LogP contribution in [-0.4, -0.2) is 16.2 Å². The fraction of sp³-hybridized carbons (Fsp3) is 0.357. The average molecular weight is 245 g/mol. The largest absolute Gasteiger partial charge is 0.494 e. The van der Waals surface area contributed by atoms with Crippen LogP contribution in [-0.2, 0) is 6.54 Å². The van der Waals surface area contributed by atoms with E-state index in [9.17, 15) is 0 Å². The number of ether oxygens (including phenoxy) is 1. The van der Waals surface area contributed by atoms with Gasteiger partial charge in [-0.15, -0.1) is 0 Å². The van der Waals surface area contributed by atoms with Gasteiger partial charge in [-0.05, 0) is 31.0 Å². The van der Waals surface area contributed by atoms with Crippen molar-refractivity contribution in [3.63, 3.8) is 0 Å². The molecule has 0 bridgehead atoms. The normalized spacial score (nSPS) is 12.3. The smallest absolute Gasteiger partial charge is 0.119 e. The Kier molecular flexibility index (Phi) is 4.36. The fourth-order valence-corrected chi connectivity index (χ4v) is 1.74. The van der Waals surface area contributed by atoms with Crippen molar-refractivity contribution in [3.8, 4) is 5.75 Å². The van der Waals surface area contributed by atoms with Gasteiger partial charge in [-0.1, -0.05) is 12.1 Å². The van der Waals surface area contributed by atoms with Crippen LogP contribution < -0.4 is 10.5 Å². The van der Waals surface area contributed by atoms with Crippen LogP contribution in [0.1, 0.15) is 24.9 Å². The summed E-state index contributed by atoms with van der Waals surface area (Å²) in [6.45, 7) is 3.59. The number of nitrogens with two attached hydrogens (primary N) is 1. The van der Waals surface area contributed by atoms with E-state index in [1.54, 1.807) is 6.20 Å². The van der Waals surface area contributed by atoms with Crippen molar-refractivity contribution >= 4 is 0 Å². The molecule has 0 aliphatic heterocycles. The first-order valence-electron chi connectivity index (χ1n) is 6.20. The number of nitrogens with zero attached hydrogens (tertiary/aromatic N) is 2. The van der Waals surface area contributed by atoms with E-state index in [1.807, 2.05) is 48.3 Å². The molecule has 18 heavy (non-hydrogen) atoms. The van der Waals surface area contributed by atoms with Gasteiger partial charge in [0, 0.05) is 25.0 Å².